The van der Waals surface area contributed by atoms with Crippen molar-refractivity contribution in [1.82, 2.24) is 0 Å². The summed E-state index contributed by atoms with van der Waals surface area (Å²) in [6.07, 6.45) is 0.405. The number of rotatable bonds is 5. The van der Waals surface area contributed by atoms with E-state index < -0.39 is 75.4 Å². The first-order valence-corrected chi connectivity index (χ1v) is 13.3. The van der Waals surface area contributed by atoms with Crippen molar-refractivity contribution in [2.45, 2.75) is 72.2 Å². The lowest BCUT2D eigenvalue weighted by atomic mass is 9.41. The van der Waals surface area contributed by atoms with Crippen LogP contribution in [0.3, 0.4) is 0 Å². The number of benzene rings is 1. The predicted octanol–water partition coefficient (Wildman–Crippen LogP) is 3.74. The van der Waals surface area contributed by atoms with E-state index in [1.807, 2.05) is 0 Å². The van der Waals surface area contributed by atoms with Crippen LogP contribution in [0.25, 0.3) is 0 Å². The Hall–Kier alpha value is -3.59. The van der Waals surface area contributed by atoms with Gasteiger partial charge in [-0.15, -0.1) is 6.58 Å². The van der Waals surface area contributed by atoms with Crippen LogP contribution in [-0.2, 0) is 33.4 Å². The van der Waals surface area contributed by atoms with Gasteiger partial charge in [-0.3, -0.25) is 19.2 Å². The molecular formula is C31H36O9. The van der Waals surface area contributed by atoms with Gasteiger partial charge in [0, 0.05) is 37.0 Å². The molecule has 9 heteroatoms. The minimum Gasteiger partial charge on any atom is -0.459 e. The van der Waals surface area contributed by atoms with Gasteiger partial charge in [-0.1, -0.05) is 45.0 Å². The first-order chi connectivity index (χ1) is 18.5. The van der Waals surface area contributed by atoms with Crippen LogP contribution in [-0.4, -0.2) is 52.4 Å². The molecule has 7 atom stereocenters. The van der Waals surface area contributed by atoms with Crippen LogP contribution in [0.15, 0.2) is 54.8 Å². The lowest BCUT2D eigenvalue weighted by molar-refractivity contribution is -0.248. The zero-order valence-electron chi connectivity index (χ0n) is 23.7. The maximum Gasteiger partial charge on any atom is 0.338 e. The van der Waals surface area contributed by atoms with Crippen LogP contribution in [0.5, 0.6) is 0 Å². The largest absolute Gasteiger partial charge is 0.459 e. The molecule has 2 saturated carbocycles. The molecule has 0 heterocycles. The first-order valence-electron chi connectivity index (χ1n) is 13.3. The SMILES string of the molecule is C=C[C@@]1(C)C[C@@H](OC(=O)c2ccccc2)[C@@H]2C3(C)C=C(OC(C)=O)C(=O)C(C)(C)[C@@H]3C[C@@H](OC(C)=O)[C@@]2(O)C1=O. The third-order valence-corrected chi connectivity index (χ3v) is 9.12. The smallest absolute Gasteiger partial charge is 0.338 e. The van der Waals surface area contributed by atoms with E-state index in [2.05, 4.69) is 6.58 Å². The number of carbonyl (C=O) groups excluding carboxylic acids is 5. The van der Waals surface area contributed by atoms with Gasteiger partial charge in [0.2, 0.25) is 5.78 Å². The summed E-state index contributed by atoms with van der Waals surface area (Å²) >= 11 is 0. The van der Waals surface area contributed by atoms with Gasteiger partial charge < -0.3 is 19.3 Å². The van der Waals surface area contributed by atoms with Crippen LogP contribution < -0.4 is 0 Å². The number of fused-ring (bicyclic) bond motifs is 3. The number of hydrogen-bond acceptors (Lipinski definition) is 9. The summed E-state index contributed by atoms with van der Waals surface area (Å²) in [7, 11) is 0. The quantitative estimate of drug-likeness (QED) is 0.329. The Balaban J connectivity index is 1.98. The molecule has 0 bridgehead atoms. The Morgan fingerprint density at radius 3 is 2.17 bits per heavy atom. The lowest BCUT2D eigenvalue weighted by Crippen LogP contribution is -2.75. The first kappa shape index (κ1) is 29.4. The molecule has 4 rings (SSSR count). The standard InChI is InChI=1S/C31H36O9/c1-8-29(6)15-20(40-26(35)19-12-10-9-11-13-19)24-30(7)16-21(38-17(2)32)25(34)28(4,5)22(30)14-23(39-18(3)33)31(24,37)27(29)36/h8-13,16,20,22-24,37H,1,14-15H2,2-7H3/t20-,22+,23-,24-,29+,30?,31+/m1/s1. The monoisotopic (exact) mass is 552 g/mol. The Bertz CT molecular complexity index is 1310. The van der Waals surface area contributed by atoms with Gasteiger partial charge in [-0.25, -0.2) is 4.79 Å². The zero-order valence-corrected chi connectivity index (χ0v) is 23.7. The molecule has 0 saturated heterocycles. The molecule has 214 valence electrons. The Labute approximate surface area is 233 Å². The van der Waals surface area contributed by atoms with E-state index in [9.17, 15) is 29.1 Å². The second kappa shape index (κ2) is 9.80. The van der Waals surface area contributed by atoms with E-state index in [4.69, 9.17) is 14.2 Å². The number of hydrogen-bond donors (Lipinski definition) is 1. The third kappa shape index (κ3) is 4.40. The maximum absolute atomic E-state index is 14.2. The van der Waals surface area contributed by atoms with Crippen molar-refractivity contribution in [3.05, 3.63) is 60.4 Å². The molecule has 9 nitrogen and oxygen atoms in total. The molecule has 0 aromatic heterocycles. The van der Waals surface area contributed by atoms with Crippen molar-refractivity contribution in [2.24, 2.45) is 28.1 Å². The summed E-state index contributed by atoms with van der Waals surface area (Å²) in [5.74, 6) is -5.13. The fourth-order valence-electron chi connectivity index (χ4n) is 7.32. The van der Waals surface area contributed by atoms with Gasteiger partial charge in [0.25, 0.3) is 0 Å². The Morgan fingerprint density at radius 1 is 1.00 bits per heavy atom. The highest BCUT2D eigenvalue weighted by Gasteiger charge is 2.74. The average Bonchev–Trinajstić information content (AvgIpc) is 2.87. The summed E-state index contributed by atoms with van der Waals surface area (Å²) in [6.45, 7) is 12.9. The molecule has 0 amide bonds. The molecule has 3 aliphatic carbocycles. The highest BCUT2D eigenvalue weighted by atomic mass is 16.6. The molecule has 1 N–H and O–H groups in total. The zero-order chi connectivity index (χ0) is 29.8. The van der Waals surface area contributed by atoms with Crippen molar-refractivity contribution in [1.29, 1.82) is 0 Å². The highest BCUT2D eigenvalue weighted by Crippen LogP contribution is 2.65. The molecule has 0 aliphatic heterocycles. The normalized spacial score (nSPS) is 36.3. The molecule has 0 radical (unpaired) electrons. The van der Waals surface area contributed by atoms with Gasteiger partial charge >= 0.3 is 17.9 Å². The van der Waals surface area contributed by atoms with E-state index in [0.717, 1.165) is 0 Å². The Morgan fingerprint density at radius 2 is 1.62 bits per heavy atom. The van der Waals surface area contributed by atoms with Gasteiger partial charge in [-0.2, -0.15) is 0 Å². The molecule has 1 unspecified atom stereocenters. The minimum absolute atomic E-state index is 0.0128. The number of esters is 3. The van der Waals surface area contributed by atoms with Crippen LogP contribution in [0.1, 0.15) is 64.7 Å². The molecule has 2 fully saturated rings. The van der Waals surface area contributed by atoms with Gasteiger partial charge in [0.1, 0.15) is 12.2 Å². The summed E-state index contributed by atoms with van der Waals surface area (Å²) in [4.78, 5) is 65.3. The van der Waals surface area contributed by atoms with Gasteiger partial charge in [0.05, 0.1) is 11.0 Å². The average molecular weight is 553 g/mol. The van der Waals surface area contributed by atoms with E-state index in [1.54, 1.807) is 58.0 Å². The van der Waals surface area contributed by atoms with Gasteiger partial charge in [0.15, 0.2) is 17.1 Å². The topological polar surface area (TPSA) is 133 Å². The maximum atomic E-state index is 14.2. The molecule has 1 aromatic carbocycles. The van der Waals surface area contributed by atoms with Crippen molar-refractivity contribution >= 4 is 29.5 Å². The van der Waals surface area contributed by atoms with Crippen molar-refractivity contribution in [3.8, 4) is 0 Å². The van der Waals surface area contributed by atoms with Crippen molar-refractivity contribution in [2.75, 3.05) is 0 Å². The number of allylic oxidation sites excluding steroid dienone is 3. The summed E-state index contributed by atoms with van der Waals surface area (Å²) < 4.78 is 17.0. The summed E-state index contributed by atoms with van der Waals surface area (Å²) in [6, 6.07) is 8.29. The lowest BCUT2D eigenvalue weighted by Gasteiger charge is -2.64. The van der Waals surface area contributed by atoms with Crippen molar-refractivity contribution < 1.29 is 43.3 Å². The minimum atomic E-state index is -2.33. The molecule has 0 spiro atoms. The Kier molecular flexibility index (Phi) is 7.20. The second-order valence-electron chi connectivity index (χ2n) is 12.2. The van der Waals surface area contributed by atoms with E-state index in [0.29, 0.717) is 0 Å². The van der Waals surface area contributed by atoms with Crippen LogP contribution in [0.2, 0.25) is 0 Å². The fourth-order valence-corrected chi connectivity index (χ4v) is 7.32. The summed E-state index contributed by atoms with van der Waals surface area (Å²) in [5.41, 5.74) is -5.77. The molecule has 40 heavy (non-hydrogen) atoms. The fraction of sp³-hybridized carbons (Fsp3) is 0.516. The summed E-state index contributed by atoms with van der Waals surface area (Å²) in [5, 5.41) is 12.5. The second-order valence-corrected chi connectivity index (χ2v) is 12.2. The number of ether oxygens (including phenoxy) is 3. The van der Waals surface area contributed by atoms with Crippen LogP contribution in [0, 0.1) is 28.1 Å². The molecule has 1 aromatic rings. The number of ketones is 2. The predicted molar refractivity (Wildman–Crippen MR) is 142 cm³/mol. The van der Waals surface area contributed by atoms with Gasteiger partial charge in [-0.05, 0) is 37.5 Å². The number of aliphatic hydroxyl groups is 1. The van der Waals surface area contributed by atoms with Crippen LogP contribution in [0.4, 0.5) is 0 Å². The van der Waals surface area contributed by atoms with Crippen LogP contribution >= 0.6 is 0 Å². The third-order valence-electron chi connectivity index (χ3n) is 9.12. The van der Waals surface area contributed by atoms with E-state index >= 15 is 0 Å². The molecular weight excluding hydrogens is 516 g/mol. The highest BCUT2D eigenvalue weighted by molar-refractivity contribution is 6.01. The number of Topliss-reactive ketones (excluding diaryl/α,β-unsaturated/α-hetero) is 2. The van der Waals surface area contributed by atoms with E-state index in [1.165, 1.54) is 26.0 Å². The number of carbonyl (C=O) groups is 5. The van der Waals surface area contributed by atoms with Crippen molar-refractivity contribution in [3.63, 3.8) is 0 Å². The molecule has 3 aliphatic rings. The van der Waals surface area contributed by atoms with E-state index in [-0.39, 0.29) is 24.2 Å².